The summed E-state index contributed by atoms with van der Waals surface area (Å²) >= 11 is 5.96. The van der Waals surface area contributed by atoms with E-state index < -0.39 is 24.4 Å². The predicted octanol–water partition coefficient (Wildman–Crippen LogP) is 2.76. The Balaban J connectivity index is 1.49. The van der Waals surface area contributed by atoms with Crippen LogP contribution in [0.2, 0.25) is 5.02 Å². The smallest absolute Gasteiger partial charge is 0.338 e. The minimum absolute atomic E-state index is 0.0282. The molecule has 1 aliphatic heterocycles. The molecule has 0 saturated heterocycles. The molecule has 8 nitrogen and oxygen atoms in total. The van der Waals surface area contributed by atoms with E-state index in [0.29, 0.717) is 27.8 Å². The summed E-state index contributed by atoms with van der Waals surface area (Å²) in [7, 11) is 2.97. The number of rotatable bonds is 7. The summed E-state index contributed by atoms with van der Waals surface area (Å²) in [5.41, 5.74) is 1.46. The van der Waals surface area contributed by atoms with Crippen molar-refractivity contribution in [3.8, 4) is 11.5 Å². The second kappa shape index (κ2) is 9.99. The maximum Gasteiger partial charge on any atom is 0.338 e. The van der Waals surface area contributed by atoms with Gasteiger partial charge >= 0.3 is 5.97 Å². The standard InChI is InChI=1S/C22H21ClN2O6/c1-25(11-20(26)24-17-4-3-5-18(10-17)29-2)21(27)13-31-22(28)15-8-14-9-16(23)6-7-19(14)30-12-15/h3-10H,11-13H2,1-2H3,(H,24,26). The van der Waals surface area contributed by atoms with E-state index in [-0.39, 0.29) is 18.7 Å². The Bertz CT molecular complexity index is 1040. The van der Waals surface area contributed by atoms with Gasteiger partial charge in [0.1, 0.15) is 18.1 Å². The minimum atomic E-state index is -0.673. The van der Waals surface area contributed by atoms with Crippen molar-refractivity contribution in [2.24, 2.45) is 0 Å². The molecule has 1 heterocycles. The van der Waals surface area contributed by atoms with E-state index in [2.05, 4.69) is 5.32 Å². The number of carbonyl (C=O) groups excluding carboxylic acids is 3. The van der Waals surface area contributed by atoms with Crippen LogP contribution >= 0.6 is 11.6 Å². The molecule has 1 N–H and O–H groups in total. The number of ether oxygens (including phenoxy) is 3. The van der Waals surface area contributed by atoms with Crippen molar-refractivity contribution in [3.05, 3.63) is 58.6 Å². The van der Waals surface area contributed by atoms with E-state index in [4.69, 9.17) is 25.8 Å². The zero-order valence-corrected chi connectivity index (χ0v) is 17.8. The Morgan fingerprint density at radius 3 is 2.77 bits per heavy atom. The first-order valence-electron chi connectivity index (χ1n) is 9.33. The third-order valence-corrected chi connectivity index (χ3v) is 4.67. The van der Waals surface area contributed by atoms with Gasteiger partial charge in [0.05, 0.1) is 19.2 Å². The molecule has 9 heteroatoms. The monoisotopic (exact) mass is 444 g/mol. The van der Waals surface area contributed by atoms with Crippen LogP contribution in [-0.2, 0) is 19.1 Å². The van der Waals surface area contributed by atoms with Crippen LogP contribution in [0.15, 0.2) is 48.0 Å². The average Bonchev–Trinajstić information content (AvgIpc) is 2.76. The maximum absolute atomic E-state index is 12.3. The summed E-state index contributed by atoms with van der Waals surface area (Å²) in [5.74, 6) is -0.380. The summed E-state index contributed by atoms with van der Waals surface area (Å²) < 4.78 is 15.7. The topological polar surface area (TPSA) is 94.2 Å². The molecule has 0 fully saturated rings. The number of esters is 1. The molecule has 31 heavy (non-hydrogen) atoms. The van der Waals surface area contributed by atoms with E-state index in [0.717, 1.165) is 0 Å². The first-order chi connectivity index (χ1) is 14.9. The Labute approximate surface area is 184 Å². The van der Waals surface area contributed by atoms with Gasteiger partial charge in [-0.1, -0.05) is 17.7 Å². The maximum atomic E-state index is 12.3. The van der Waals surface area contributed by atoms with Gasteiger partial charge in [-0.25, -0.2) is 4.79 Å². The number of hydrogen-bond acceptors (Lipinski definition) is 6. The molecule has 0 aromatic heterocycles. The molecule has 0 unspecified atom stereocenters. The largest absolute Gasteiger partial charge is 0.497 e. The molecule has 0 radical (unpaired) electrons. The number of fused-ring (bicyclic) bond motifs is 1. The first kappa shape index (κ1) is 22.2. The fourth-order valence-electron chi connectivity index (χ4n) is 2.80. The molecule has 0 saturated carbocycles. The predicted molar refractivity (Wildman–Crippen MR) is 115 cm³/mol. The van der Waals surface area contributed by atoms with Gasteiger partial charge in [-0.3, -0.25) is 9.59 Å². The molecule has 2 aromatic rings. The van der Waals surface area contributed by atoms with Crippen molar-refractivity contribution >= 4 is 41.1 Å². The quantitative estimate of drug-likeness (QED) is 0.660. The van der Waals surface area contributed by atoms with Gasteiger partial charge in [0.15, 0.2) is 6.61 Å². The third-order valence-electron chi connectivity index (χ3n) is 4.43. The number of methoxy groups -OCH3 is 1. The lowest BCUT2D eigenvalue weighted by Gasteiger charge is -2.19. The summed E-state index contributed by atoms with van der Waals surface area (Å²) in [5, 5.41) is 3.19. The van der Waals surface area contributed by atoms with Crippen molar-refractivity contribution in [2.45, 2.75) is 0 Å². The number of carbonyl (C=O) groups is 3. The fourth-order valence-corrected chi connectivity index (χ4v) is 2.98. The molecule has 0 aliphatic carbocycles. The number of likely N-dealkylation sites (N-methyl/N-ethyl adjacent to an activating group) is 1. The molecular formula is C22H21ClN2O6. The van der Waals surface area contributed by atoms with Gasteiger partial charge in [-0.15, -0.1) is 0 Å². The number of nitrogens with zero attached hydrogens (tertiary/aromatic N) is 1. The van der Waals surface area contributed by atoms with Crippen molar-refractivity contribution in [1.82, 2.24) is 4.90 Å². The minimum Gasteiger partial charge on any atom is -0.497 e. The second-order valence-corrected chi connectivity index (χ2v) is 7.18. The first-order valence-corrected chi connectivity index (χ1v) is 9.71. The second-order valence-electron chi connectivity index (χ2n) is 6.75. The lowest BCUT2D eigenvalue weighted by atomic mass is 10.1. The summed E-state index contributed by atoms with van der Waals surface area (Å²) in [6.45, 7) is -0.673. The highest BCUT2D eigenvalue weighted by Crippen LogP contribution is 2.29. The molecule has 0 bridgehead atoms. The number of anilines is 1. The lowest BCUT2D eigenvalue weighted by molar-refractivity contribution is -0.149. The van der Waals surface area contributed by atoms with Crippen LogP contribution in [0.3, 0.4) is 0 Å². The Morgan fingerprint density at radius 1 is 1.19 bits per heavy atom. The van der Waals surface area contributed by atoms with Gasteiger partial charge in [0.25, 0.3) is 5.91 Å². The van der Waals surface area contributed by atoms with Gasteiger partial charge < -0.3 is 24.4 Å². The van der Waals surface area contributed by atoms with Crippen LogP contribution in [0.5, 0.6) is 11.5 Å². The van der Waals surface area contributed by atoms with Gasteiger partial charge in [0, 0.05) is 29.4 Å². The van der Waals surface area contributed by atoms with E-state index >= 15 is 0 Å². The molecular weight excluding hydrogens is 424 g/mol. The molecule has 0 spiro atoms. The molecule has 162 valence electrons. The van der Waals surface area contributed by atoms with Crippen LogP contribution in [0, 0.1) is 0 Å². The summed E-state index contributed by atoms with van der Waals surface area (Å²) in [4.78, 5) is 37.9. The lowest BCUT2D eigenvalue weighted by Crippen LogP contribution is -2.37. The van der Waals surface area contributed by atoms with Crippen LogP contribution in [-0.4, -0.2) is 56.6 Å². The van der Waals surface area contributed by atoms with Gasteiger partial charge in [0.2, 0.25) is 5.91 Å². The van der Waals surface area contributed by atoms with Crippen LogP contribution in [0.25, 0.3) is 6.08 Å². The van der Waals surface area contributed by atoms with Crippen LogP contribution in [0.4, 0.5) is 5.69 Å². The van der Waals surface area contributed by atoms with E-state index in [1.165, 1.54) is 19.1 Å². The zero-order chi connectivity index (χ0) is 22.4. The van der Waals surface area contributed by atoms with Crippen LogP contribution < -0.4 is 14.8 Å². The van der Waals surface area contributed by atoms with Gasteiger partial charge in [-0.2, -0.15) is 0 Å². The van der Waals surface area contributed by atoms with Crippen molar-refractivity contribution < 1.29 is 28.6 Å². The van der Waals surface area contributed by atoms with E-state index in [1.54, 1.807) is 48.5 Å². The number of halogens is 1. The van der Waals surface area contributed by atoms with Gasteiger partial charge in [-0.05, 0) is 36.4 Å². The number of benzene rings is 2. The third kappa shape index (κ3) is 5.99. The van der Waals surface area contributed by atoms with Crippen LogP contribution in [0.1, 0.15) is 5.56 Å². The molecule has 3 rings (SSSR count). The SMILES string of the molecule is COc1cccc(NC(=O)CN(C)C(=O)COC(=O)C2=Cc3cc(Cl)ccc3OC2)c1. The normalized spacial score (nSPS) is 12.0. The number of nitrogens with one attached hydrogen (secondary N) is 1. The summed E-state index contributed by atoms with van der Waals surface area (Å²) in [6, 6.07) is 11.9. The van der Waals surface area contributed by atoms with Crippen molar-refractivity contribution in [2.75, 3.05) is 39.2 Å². The number of hydrogen-bond donors (Lipinski definition) is 1. The fraction of sp³-hybridized carbons (Fsp3) is 0.227. The highest BCUT2D eigenvalue weighted by Gasteiger charge is 2.21. The Hall–Kier alpha value is -3.52. The molecule has 2 aromatic carbocycles. The zero-order valence-electron chi connectivity index (χ0n) is 17.0. The van der Waals surface area contributed by atoms with Crippen molar-refractivity contribution in [3.63, 3.8) is 0 Å². The van der Waals surface area contributed by atoms with E-state index in [1.807, 2.05) is 0 Å². The average molecular weight is 445 g/mol. The Kier molecular flexibility index (Phi) is 7.15. The number of amides is 2. The Morgan fingerprint density at radius 2 is 2.00 bits per heavy atom. The van der Waals surface area contributed by atoms with E-state index in [9.17, 15) is 14.4 Å². The van der Waals surface area contributed by atoms with Crippen molar-refractivity contribution in [1.29, 1.82) is 0 Å². The highest BCUT2D eigenvalue weighted by atomic mass is 35.5. The molecule has 1 aliphatic rings. The molecule has 2 amide bonds. The highest BCUT2D eigenvalue weighted by molar-refractivity contribution is 6.30. The molecule has 0 atom stereocenters. The summed E-state index contributed by atoms with van der Waals surface area (Å²) in [6.07, 6.45) is 1.61.